The Hall–Kier alpha value is -1.13. The molecular formula is C12H14BrN3. The maximum atomic E-state index is 4.44. The van der Waals surface area contributed by atoms with Crippen LogP contribution in [-0.4, -0.2) is 16.8 Å². The second kappa shape index (κ2) is 4.80. The number of aryl methyl sites for hydroxylation is 1. The van der Waals surface area contributed by atoms with Gasteiger partial charge < -0.3 is 5.32 Å². The van der Waals surface area contributed by atoms with E-state index in [1.54, 1.807) is 0 Å². The lowest BCUT2D eigenvalue weighted by Gasteiger charge is -2.01. The van der Waals surface area contributed by atoms with Crippen molar-refractivity contribution in [2.75, 3.05) is 7.05 Å². The van der Waals surface area contributed by atoms with E-state index in [1.165, 1.54) is 11.1 Å². The van der Waals surface area contributed by atoms with Gasteiger partial charge in [0.15, 0.2) is 0 Å². The van der Waals surface area contributed by atoms with Crippen LogP contribution in [0.15, 0.2) is 34.9 Å². The first-order valence-corrected chi connectivity index (χ1v) is 5.93. The van der Waals surface area contributed by atoms with Crippen molar-refractivity contribution in [3.63, 3.8) is 0 Å². The van der Waals surface area contributed by atoms with Gasteiger partial charge >= 0.3 is 0 Å². The Kier molecular flexibility index (Phi) is 3.41. The molecule has 2 aromatic rings. The normalized spacial score (nSPS) is 10.7. The summed E-state index contributed by atoms with van der Waals surface area (Å²) in [6.45, 7) is 0.784. The van der Waals surface area contributed by atoms with E-state index < -0.39 is 0 Å². The summed E-state index contributed by atoms with van der Waals surface area (Å²) in [6, 6.07) is 8.29. The standard InChI is InChI=1S/C12H14BrN3/c1-14-7-12-11(8-16(2)15-12)9-3-5-10(13)6-4-9/h3-6,8,14H,7H2,1-2H3. The molecule has 0 aliphatic rings. The monoisotopic (exact) mass is 279 g/mol. The van der Waals surface area contributed by atoms with Crippen molar-refractivity contribution in [3.8, 4) is 11.1 Å². The maximum Gasteiger partial charge on any atom is 0.0840 e. The molecule has 0 bridgehead atoms. The van der Waals surface area contributed by atoms with E-state index in [-0.39, 0.29) is 0 Å². The third kappa shape index (κ3) is 2.33. The predicted molar refractivity (Wildman–Crippen MR) is 69.1 cm³/mol. The summed E-state index contributed by atoms with van der Waals surface area (Å²) in [6.07, 6.45) is 2.05. The van der Waals surface area contributed by atoms with Crippen molar-refractivity contribution in [3.05, 3.63) is 40.6 Å². The highest BCUT2D eigenvalue weighted by molar-refractivity contribution is 9.10. The average Bonchev–Trinajstić information content (AvgIpc) is 2.61. The second-order valence-corrected chi connectivity index (χ2v) is 4.62. The van der Waals surface area contributed by atoms with E-state index in [0.29, 0.717) is 0 Å². The van der Waals surface area contributed by atoms with Gasteiger partial charge in [-0.3, -0.25) is 4.68 Å². The number of benzene rings is 1. The number of hydrogen-bond acceptors (Lipinski definition) is 2. The molecule has 0 saturated carbocycles. The van der Waals surface area contributed by atoms with Crippen molar-refractivity contribution in [2.24, 2.45) is 7.05 Å². The Morgan fingerprint density at radius 1 is 1.31 bits per heavy atom. The average molecular weight is 280 g/mol. The SMILES string of the molecule is CNCc1nn(C)cc1-c1ccc(Br)cc1. The molecular weight excluding hydrogens is 266 g/mol. The summed E-state index contributed by atoms with van der Waals surface area (Å²) >= 11 is 3.44. The highest BCUT2D eigenvalue weighted by atomic mass is 79.9. The van der Waals surface area contributed by atoms with Crippen molar-refractivity contribution in [2.45, 2.75) is 6.54 Å². The minimum atomic E-state index is 0.784. The van der Waals surface area contributed by atoms with Gasteiger partial charge in [-0.05, 0) is 24.7 Å². The summed E-state index contributed by atoms with van der Waals surface area (Å²) in [5.74, 6) is 0. The molecule has 1 N–H and O–H groups in total. The maximum absolute atomic E-state index is 4.44. The molecule has 2 rings (SSSR count). The van der Waals surface area contributed by atoms with E-state index in [0.717, 1.165) is 16.7 Å². The van der Waals surface area contributed by atoms with E-state index in [2.05, 4.69) is 44.7 Å². The summed E-state index contributed by atoms with van der Waals surface area (Å²) in [4.78, 5) is 0. The molecule has 0 spiro atoms. The molecule has 84 valence electrons. The largest absolute Gasteiger partial charge is 0.314 e. The first-order chi connectivity index (χ1) is 7.70. The number of halogens is 1. The summed E-state index contributed by atoms with van der Waals surface area (Å²) in [7, 11) is 3.88. The Labute approximate surface area is 104 Å². The van der Waals surface area contributed by atoms with Crippen molar-refractivity contribution in [1.29, 1.82) is 0 Å². The van der Waals surface area contributed by atoms with Crippen LogP contribution in [0.25, 0.3) is 11.1 Å². The Bertz CT molecular complexity index is 474. The van der Waals surface area contributed by atoms with E-state index in [1.807, 2.05) is 30.9 Å². The molecule has 0 unspecified atom stereocenters. The van der Waals surface area contributed by atoms with Gasteiger partial charge in [-0.1, -0.05) is 28.1 Å². The van der Waals surface area contributed by atoms with E-state index in [9.17, 15) is 0 Å². The van der Waals surface area contributed by atoms with Crippen LogP contribution in [0, 0.1) is 0 Å². The first-order valence-electron chi connectivity index (χ1n) is 5.14. The van der Waals surface area contributed by atoms with Gasteiger partial charge in [0, 0.05) is 29.8 Å². The molecule has 3 nitrogen and oxygen atoms in total. The van der Waals surface area contributed by atoms with E-state index >= 15 is 0 Å². The smallest absolute Gasteiger partial charge is 0.0840 e. The van der Waals surface area contributed by atoms with Crippen LogP contribution in [0.1, 0.15) is 5.69 Å². The van der Waals surface area contributed by atoms with Gasteiger partial charge in [-0.15, -0.1) is 0 Å². The lowest BCUT2D eigenvalue weighted by Crippen LogP contribution is -2.07. The molecule has 1 aromatic carbocycles. The Morgan fingerprint density at radius 2 is 2.00 bits per heavy atom. The number of hydrogen-bond donors (Lipinski definition) is 1. The molecule has 0 fully saturated rings. The third-order valence-electron chi connectivity index (χ3n) is 2.40. The molecule has 4 heteroatoms. The van der Waals surface area contributed by atoms with Gasteiger partial charge in [0.25, 0.3) is 0 Å². The summed E-state index contributed by atoms with van der Waals surface area (Å²) < 4.78 is 2.94. The first kappa shape index (κ1) is 11.4. The Balaban J connectivity index is 2.42. The van der Waals surface area contributed by atoms with Crippen LogP contribution in [0.2, 0.25) is 0 Å². The minimum Gasteiger partial charge on any atom is -0.314 e. The molecule has 0 atom stereocenters. The van der Waals surface area contributed by atoms with Crippen molar-refractivity contribution < 1.29 is 0 Å². The number of rotatable bonds is 3. The molecule has 0 amide bonds. The zero-order valence-corrected chi connectivity index (χ0v) is 11.0. The van der Waals surface area contributed by atoms with Crippen LogP contribution in [-0.2, 0) is 13.6 Å². The minimum absolute atomic E-state index is 0.784. The molecule has 16 heavy (non-hydrogen) atoms. The topological polar surface area (TPSA) is 29.9 Å². The lowest BCUT2D eigenvalue weighted by molar-refractivity contribution is 0.712. The highest BCUT2D eigenvalue weighted by Crippen LogP contribution is 2.24. The van der Waals surface area contributed by atoms with Crippen LogP contribution in [0.5, 0.6) is 0 Å². The van der Waals surface area contributed by atoms with Crippen LogP contribution >= 0.6 is 15.9 Å². The summed E-state index contributed by atoms with van der Waals surface area (Å²) in [5, 5.41) is 7.58. The predicted octanol–water partition coefficient (Wildman–Crippen LogP) is 2.57. The quantitative estimate of drug-likeness (QED) is 0.936. The van der Waals surface area contributed by atoms with Gasteiger partial charge in [0.05, 0.1) is 5.69 Å². The van der Waals surface area contributed by atoms with Crippen LogP contribution in [0.3, 0.4) is 0 Å². The molecule has 0 aliphatic heterocycles. The highest BCUT2D eigenvalue weighted by Gasteiger charge is 2.08. The fraction of sp³-hybridized carbons (Fsp3) is 0.250. The third-order valence-corrected chi connectivity index (χ3v) is 2.93. The van der Waals surface area contributed by atoms with Gasteiger partial charge in [0.2, 0.25) is 0 Å². The molecule has 0 radical (unpaired) electrons. The zero-order chi connectivity index (χ0) is 11.5. The Morgan fingerprint density at radius 3 is 2.62 bits per heavy atom. The van der Waals surface area contributed by atoms with E-state index in [4.69, 9.17) is 0 Å². The number of aromatic nitrogens is 2. The fourth-order valence-electron chi connectivity index (χ4n) is 1.70. The lowest BCUT2D eigenvalue weighted by atomic mass is 10.1. The summed E-state index contributed by atoms with van der Waals surface area (Å²) in [5.41, 5.74) is 3.46. The zero-order valence-electron chi connectivity index (χ0n) is 9.37. The van der Waals surface area contributed by atoms with Gasteiger partial charge in [-0.25, -0.2) is 0 Å². The van der Waals surface area contributed by atoms with Crippen LogP contribution in [0.4, 0.5) is 0 Å². The van der Waals surface area contributed by atoms with Crippen molar-refractivity contribution in [1.82, 2.24) is 15.1 Å². The van der Waals surface area contributed by atoms with Gasteiger partial charge in [0.1, 0.15) is 0 Å². The van der Waals surface area contributed by atoms with Crippen molar-refractivity contribution >= 4 is 15.9 Å². The number of nitrogens with zero attached hydrogens (tertiary/aromatic N) is 2. The molecule has 0 saturated heterocycles. The number of nitrogens with one attached hydrogen (secondary N) is 1. The van der Waals surface area contributed by atoms with Crippen LogP contribution < -0.4 is 5.32 Å². The molecule has 0 aliphatic carbocycles. The second-order valence-electron chi connectivity index (χ2n) is 3.70. The fourth-order valence-corrected chi connectivity index (χ4v) is 1.97. The molecule has 1 aromatic heterocycles. The molecule has 1 heterocycles. The van der Waals surface area contributed by atoms with Gasteiger partial charge in [-0.2, -0.15) is 5.10 Å².